The number of rotatable bonds is 7. The lowest BCUT2D eigenvalue weighted by Gasteiger charge is -2.25. The molecule has 2 N–H and O–H groups in total. The van der Waals surface area contributed by atoms with Gasteiger partial charge in [-0.2, -0.15) is 4.98 Å². The highest BCUT2D eigenvalue weighted by molar-refractivity contribution is 5.90. The number of aryl methyl sites for hydroxylation is 1. The van der Waals surface area contributed by atoms with Gasteiger partial charge in [-0.1, -0.05) is 31.1 Å². The van der Waals surface area contributed by atoms with Crippen LogP contribution in [0.1, 0.15) is 45.4 Å². The minimum Gasteiger partial charge on any atom is -0.494 e. The Morgan fingerprint density at radius 3 is 2.80 bits per heavy atom. The molecule has 13 heteroatoms. The molecule has 5 rings (SSSR count). The van der Waals surface area contributed by atoms with Crippen LogP contribution in [0.25, 0.3) is 22.8 Å². The summed E-state index contributed by atoms with van der Waals surface area (Å²) in [4.78, 5) is 54.3. The van der Waals surface area contributed by atoms with Gasteiger partial charge in [0, 0.05) is 68.4 Å². The number of hydrogen-bond donors (Lipinski definition) is 2. The zero-order chi connectivity index (χ0) is 32.3. The minimum absolute atomic E-state index is 0.166. The third kappa shape index (κ3) is 8.99. The van der Waals surface area contributed by atoms with Crippen molar-refractivity contribution in [2.75, 3.05) is 26.2 Å². The molecule has 242 valence electrons. The van der Waals surface area contributed by atoms with Gasteiger partial charge in [-0.15, -0.1) is 0 Å². The summed E-state index contributed by atoms with van der Waals surface area (Å²) in [6.45, 7) is 5.35. The molecule has 0 saturated heterocycles. The van der Waals surface area contributed by atoms with Gasteiger partial charge in [0.2, 0.25) is 29.4 Å². The van der Waals surface area contributed by atoms with E-state index >= 15 is 0 Å². The fraction of sp³-hybridized carbons (Fsp3) is 0.424. The molecular formula is C33H40N8O5. The lowest BCUT2D eigenvalue weighted by Crippen LogP contribution is -2.51. The van der Waals surface area contributed by atoms with Crippen molar-refractivity contribution >= 4 is 17.7 Å². The van der Waals surface area contributed by atoms with Crippen molar-refractivity contribution in [1.82, 2.24) is 40.2 Å². The third-order valence-electron chi connectivity index (χ3n) is 7.52. The number of nitrogens with zero attached hydrogens (tertiary/aromatic N) is 6. The number of imidazole rings is 1. The monoisotopic (exact) mass is 628 g/mol. The average Bonchev–Trinajstić information content (AvgIpc) is 3.72. The number of carbonyl (C=O) groups is 3. The predicted octanol–water partition coefficient (Wildman–Crippen LogP) is 3.28. The highest BCUT2D eigenvalue weighted by atomic mass is 16.5. The molecule has 4 aromatic rings. The lowest BCUT2D eigenvalue weighted by atomic mass is 10.0. The number of amides is 3. The molecule has 0 unspecified atom stereocenters. The molecule has 1 aliphatic heterocycles. The number of hydrogen-bond acceptors (Lipinski definition) is 9. The topological polar surface area (TPSA) is 157 Å². The van der Waals surface area contributed by atoms with E-state index in [0.29, 0.717) is 69.4 Å². The SMILES string of the molecule is CC(C)C[C@H]1NC(=O)CN(C(=O)CCCc2nc(-c3cccnc3)no2)CCCOc2cccc(c2)-c2nccn2CCNC1=O. The van der Waals surface area contributed by atoms with Gasteiger partial charge in [0.15, 0.2) is 0 Å². The maximum Gasteiger partial charge on any atom is 0.242 e. The molecule has 0 saturated carbocycles. The number of benzene rings is 1. The Balaban J connectivity index is 1.26. The Bertz CT molecular complexity index is 1600. The van der Waals surface area contributed by atoms with Crippen molar-refractivity contribution in [3.63, 3.8) is 0 Å². The summed E-state index contributed by atoms with van der Waals surface area (Å²) in [7, 11) is 0. The van der Waals surface area contributed by atoms with Crippen molar-refractivity contribution in [2.45, 2.75) is 58.5 Å². The van der Waals surface area contributed by atoms with E-state index < -0.39 is 11.9 Å². The summed E-state index contributed by atoms with van der Waals surface area (Å²) >= 11 is 0. The zero-order valence-corrected chi connectivity index (χ0v) is 26.2. The zero-order valence-electron chi connectivity index (χ0n) is 26.2. The van der Waals surface area contributed by atoms with Crippen LogP contribution in [-0.4, -0.2) is 79.6 Å². The summed E-state index contributed by atoms with van der Waals surface area (Å²) in [5.41, 5.74) is 1.64. The summed E-state index contributed by atoms with van der Waals surface area (Å²) in [5, 5.41) is 9.84. The van der Waals surface area contributed by atoms with E-state index in [1.165, 1.54) is 4.90 Å². The predicted molar refractivity (Wildman–Crippen MR) is 169 cm³/mol. The maximum atomic E-state index is 13.4. The van der Waals surface area contributed by atoms with Crippen LogP contribution in [0.4, 0.5) is 0 Å². The molecule has 1 aliphatic rings. The molecule has 0 radical (unpaired) electrons. The van der Waals surface area contributed by atoms with Gasteiger partial charge in [0.05, 0.1) is 13.2 Å². The largest absolute Gasteiger partial charge is 0.494 e. The molecule has 46 heavy (non-hydrogen) atoms. The number of nitrogens with one attached hydrogen (secondary N) is 2. The van der Waals surface area contributed by atoms with Crippen LogP contribution in [0.15, 0.2) is 65.7 Å². The van der Waals surface area contributed by atoms with E-state index in [4.69, 9.17) is 9.26 Å². The van der Waals surface area contributed by atoms with Crippen molar-refractivity contribution in [2.24, 2.45) is 5.92 Å². The fourth-order valence-electron chi connectivity index (χ4n) is 5.27. The normalized spacial score (nSPS) is 16.5. The first-order valence-electron chi connectivity index (χ1n) is 15.7. The number of aromatic nitrogens is 5. The molecule has 2 bridgehead atoms. The summed E-state index contributed by atoms with van der Waals surface area (Å²) in [6.07, 6.45) is 8.94. The summed E-state index contributed by atoms with van der Waals surface area (Å²) in [6, 6.07) is 10.6. The second kappa shape index (κ2) is 15.8. The third-order valence-corrected chi connectivity index (χ3v) is 7.52. The van der Waals surface area contributed by atoms with Crippen LogP contribution in [0.5, 0.6) is 5.75 Å². The second-order valence-electron chi connectivity index (χ2n) is 11.6. The van der Waals surface area contributed by atoms with Gasteiger partial charge in [-0.05, 0) is 49.4 Å². The molecule has 0 spiro atoms. The highest BCUT2D eigenvalue weighted by Crippen LogP contribution is 2.23. The Morgan fingerprint density at radius 2 is 1.98 bits per heavy atom. The van der Waals surface area contributed by atoms with E-state index in [-0.39, 0.29) is 30.7 Å². The second-order valence-corrected chi connectivity index (χ2v) is 11.6. The standard InChI is InChI=1S/C33H40N8O5/c1-23(2)19-27-33(44)36-14-17-40-16-13-35-32(40)24-7-3-9-26(20-24)45-18-6-15-41(22-28(42)37-27)30(43)11-4-10-29-38-31(39-46-29)25-8-5-12-34-21-25/h3,5,7-9,12-13,16,20-21,23,27H,4,6,10-11,14-15,17-19,22H2,1-2H3,(H,36,44)(H,37,42)/t27-/m1/s1. The van der Waals surface area contributed by atoms with Gasteiger partial charge in [0.25, 0.3) is 0 Å². The number of ether oxygens (including phenoxy) is 1. The lowest BCUT2D eigenvalue weighted by molar-refractivity contribution is -0.137. The first-order chi connectivity index (χ1) is 22.4. The Morgan fingerprint density at radius 1 is 1.11 bits per heavy atom. The van der Waals surface area contributed by atoms with Gasteiger partial charge in [-0.25, -0.2) is 4.98 Å². The summed E-state index contributed by atoms with van der Waals surface area (Å²) < 4.78 is 13.4. The number of fused-ring (bicyclic) bond motifs is 4. The molecular weight excluding hydrogens is 588 g/mol. The van der Waals surface area contributed by atoms with Crippen molar-refractivity contribution < 1.29 is 23.6 Å². The van der Waals surface area contributed by atoms with Crippen LogP contribution in [-0.2, 0) is 27.3 Å². The summed E-state index contributed by atoms with van der Waals surface area (Å²) in [5.74, 6) is 1.63. The van der Waals surface area contributed by atoms with E-state index in [9.17, 15) is 14.4 Å². The minimum atomic E-state index is -0.725. The van der Waals surface area contributed by atoms with Gasteiger partial charge < -0.3 is 29.4 Å². The Labute approximate surface area is 267 Å². The average molecular weight is 629 g/mol. The first-order valence-corrected chi connectivity index (χ1v) is 15.7. The molecule has 0 fully saturated rings. The molecule has 1 atom stereocenters. The van der Waals surface area contributed by atoms with Crippen LogP contribution in [0, 0.1) is 5.92 Å². The van der Waals surface area contributed by atoms with Crippen LogP contribution < -0.4 is 15.4 Å². The fourth-order valence-corrected chi connectivity index (χ4v) is 5.27. The molecule has 13 nitrogen and oxygen atoms in total. The van der Waals surface area contributed by atoms with E-state index in [1.807, 2.05) is 54.9 Å². The van der Waals surface area contributed by atoms with Crippen molar-refractivity contribution in [1.29, 1.82) is 0 Å². The molecule has 3 aromatic heterocycles. The molecule has 4 heterocycles. The van der Waals surface area contributed by atoms with Crippen molar-refractivity contribution in [3.05, 3.63) is 67.1 Å². The van der Waals surface area contributed by atoms with Crippen molar-refractivity contribution in [3.8, 4) is 28.5 Å². The maximum absolute atomic E-state index is 13.4. The number of carbonyl (C=O) groups excluding carboxylic acids is 3. The van der Waals surface area contributed by atoms with E-state index in [1.54, 1.807) is 24.7 Å². The Hall–Kier alpha value is -5.07. The smallest absolute Gasteiger partial charge is 0.242 e. The first kappa shape index (κ1) is 32.3. The van der Waals surface area contributed by atoms with Crippen LogP contribution in [0.3, 0.4) is 0 Å². The van der Waals surface area contributed by atoms with Gasteiger partial charge in [-0.3, -0.25) is 19.4 Å². The van der Waals surface area contributed by atoms with Crippen LogP contribution >= 0.6 is 0 Å². The quantitative estimate of drug-likeness (QED) is 0.313. The van der Waals surface area contributed by atoms with Crippen LogP contribution in [0.2, 0.25) is 0 Å². The van der Waals surface area contributed by atoms with Gasteiger partial charge in [0.1, 0.15) is 17.6 Å². The molecule has 0 aliphatic carbocycles. The highest BCUT2D eigenvalue weighted by Gasteiger charge is 2.24. The van der Waals surface area contributed by atoms with E-state index in [0.717, 1.165) is 17.0 Å². The molecule has 3 amide bonds. The Kier molecular flexibility index (Phi) is 11.1. The van der Waals surface area contributed by atoms with E-state index in [2.05, 4.69) is 30.7 Å². The molecule has 1 aromatic carbocycles. The van der Waals surface area contributed by atoms with Gasteiger partial charge >= 0.3 is 0 Å². The number of pyridine rings is 1.